The van der Waals surface area contributed by atoms with Crippen molar-refractivity contribution in [3.8, 4) is 11.6 Å². The summed E-state index contributed by atoms with van der Waals surface area (Å²) in [7, 11) is 0. The highest BCUT2D eigenvalue weighted by atomic mass is 32.2. The zero-order valence-electron chi connectivity index (χ0n) is 14.4. The molecule has 0 fully saturated rings. The van der Waals surface area contributed by atoms with Crippen molar-refractivity contribution in [1.29, 1.82) is 0 Å². The number of nitrogens with zero attached hydrogens (tertiary/aromatic N) is 3. The van der Waals surface area contributed by atoms with Crippen LogP contribution >= 0.6 is 11.8 Å². The Morgan fingerprint density at radius 3 is 2.73 bits per heavy atom. The standard InChI is InChI=1S/C18H18FN3O3S/c1-3-22-17(15-5-4-10-24-15)20-21-18(22)26-11-16(23)25-12(2)13-6-8-14(19)9-7-13/h4-10,12H,3,11H2,1-2H3/t12-/m1/s1. The number of halogens is 1. The van der Waals surface area contributed by atoms with Crippen LogP contribution in [0.2, 0.25) is 0 Å². The number of hydrogen-bond donors (Lipinski definition) is 0. The number of ether oxygens (including phenoxy) is 1. The molecule has 2 aromatic heterocycles. The molecule has 0 saturated heterocycles. The largest absolute Gasteiger partial charge is 0.461 e. The van der Waals surface area contributed by atoms with Crippen molar-refractivity contribution in [1.82, 2.24) is 14.8 Å². The molecule has 0 aliphatic rings. The van der Waals surface area contributed by atoms with Crippen LogP contribution in [0.4, 0.5) is 4.39 Å². The van der Waals surface area contributed by atoms with Gasteiger partial charge in [-0.05, 0) is 43.7 Å². The Bertz CT molecular complexity index is 862. The maximum absolute atomic E-state index is 13.0. The molecule has 0 N–H and O–H groups in total. The second kappa shape index (κ2) is 8.18. The summed E-state index contributed by atoms with van der Waals surface area (Å²) in [5.41, 5.74) is 0.738. The minimum Gasteiger partial charge on any atom is -0.461 e. The van der Waals surface area contributed by atoms with Crippen LogP contribution in [0.25, 0.3) is 11.6 Å². The van der Waals surface area contributed by atoms with Crippen molar-refractivity contribution in [3.63, 3.8) is 0 Å². The fraction of sp³-hybridized carbons (Fsp3) is 0.278. The first-order chi connectivity index (χ1) is 12.6. The monoisotopic (exact) mass is 375 g/mol. The molecule has 0 aliphatic heterocycles. The van der Waals surface area contributed by atoms with E-state index in [-0.39, 0.29) is 17.5 Å². The molecular formula is C18H18FN3O3S. The Balaban J connectivity index is 1.60. The molecule has 1 atom stereocenters. The number of esters is 1. The van der Waals surface area contributed by atoms with Gasteiger partial charge in [0.2, 0.25) is 0 Å². The van der Waals surface area contributed by atoms with Crippen LogP contribution in [0.3, 0.4) is 0 Å². The molecule has 0 unspecified atom stereocenters. The summed E-state index contributed by atoms with van der Waals surface area (Å²) in [5.74, 6) is 0.639. The molecule has 0 aliphatic carbocycles. The molecule has 0 bridgehead atoms. The molecule has 1 aromatic carbocycles. The van der Waals surface area contributed by atoms with E-state index >= 15 is 0 Å². The van der Waals surface area contributed by atoms with Crippen LogP contribution in [-0.2, 0) is 16.1 Å². The molecule has 0 spiro atoms. The number of aromatic nitrogens is 3. The zero-order valence-corrected chi connectivity index (χ0v) is 15.2. The van der Waals surface area contributed by atoms with E-state index in [2.05, 4.69) is 10.2 Å². The summed E-state index contributed by atoms with van der Waals surface area (Å²) in [4.78, 5) is 12.1. The van der Waals surface area contributed by atoms with Gasteiger partial charge in [0.05, 0.1) is 12.0 Å². The third-order valence-electron chi connectivity index (χ3n) is 3.74. The van der Waals surface area contributed by atoms with Gasteiger partial charge >= 0.3 is 5.97 Å². The molecule has 0 radical (unpaired) electrons. The highest BCUT2D eigenvalue weighted by molar-refractivity contribution is 7.99. The maximum Gasteiger partial charge on any atom is 0.316 e. The molecule has 3 aromatic rings. The zero-order chi connectivity index (χ0) is 18.5. The summed E-state index contributed by atoms with van der Waals surface area (Å²) in [6, 6.07) is 9.48. The van der Waals surface area contributed by atoms with Gasteiger partial charge in [-0.15, -0.1) is 10.2 Å². The second-order valence-electron chi connectivity index (χ2n) is 5.50. The van der Waals surface area contributed by atoms with Crippen molar-refractivity contribution < 1.29 is 18.3 Å². The van der Waals surface area contributed by atoms with Crippen molar-refractivity contribution in [2.75, 3.05) is 5.75 Å². The van der Waals surface area contributed by atoms with E-state index in [4.69, 9.17) is 9.15 Å². The fourth-order valence-corrected chi connectivity index (χ4v) is 3.21. The van der Waals surface area contributed by atoms with Gasteiger partial charge in [-0.3, -0.25) is 9.36 Å². The van der Waals surface area contributed by atoms with Gasteiger partial charge < -0.3 is 9.15 Å². The molecule has 0 amide bonds. The van der Waals surface area contributed by atoms with Gasteiger partial charge in [0.25, 0.3) is 0 Å². The average Bonchev–Trinajstić information content (AvgIpc) is 3.29. The van der Waals surface area contributed by atoms with Crippen molar-refractivity contribution >= 4 is 17.7 Å². The molecule has 2 heterocycles. The first kappa shape index (κ1) is 18.2. The number of carbonyl (C=O) groups is 1. The van der Waals surface area contributed by atoms with E-state index in [0.29, 0.717) is 23.3 Å². The Morgan fingerprint density at radius 2 is 2.08 bits per heavy atom. The van der Waals surface area contributed by atoms with Crippen molar-refractivity contribution in [2.24, 2.45) is 0 Å². The van der Waals surface area contributed by atoms with Crippen molar-refractivity contribution in [2.45, 2.75) is 31.7 Å². The van der Waals surface area contributed by atoms with Gasteiger partial charge in [0, 0.05) is 6.54 Å². The minimum atomic E-state index is -0.452. The predicted molar refractivity (Wildman–Crippen MR) is 95.0 cm³/mol. The maximum atomic E-state index is 13.0. The second-order valence-corrected chi connectivity index (χ2v) is 6.44. The summed E-state index contributed by atoms with van der Waals surface area (Å²) in [6.45, 7) is 4.36. The predicted octanol–water partition coefficient (Wildman–Crippen LogP) is 4.09. The van der Waals surface area contributed by atoms with Crippen LogP contribution in [0.15, 0.2) is 52.2 Å². The summed E-state index contributed by atoms with van der Waals surface area (Å²) < 4.78 is 25.6. The van der Waals surface area contributed by atoms with Crippen LogP contribution < -0.4 is 0 Å². The van der Waals surface area contributed by atoms with Gasteiger partial charge in [-0.2, -0.15) is 0 Å². The molecular weight excluding hydrogens is 357 g/mol. The molecule has 26 heavy (non-hydrogen) atoms. The Hall–Kier alpha value is -2.61. The number of thioether (sulfide) groups is 1. The van der Waals surface area contributed by atoms with E-state index in [1.165, 1.54) is 23.9 Å². The number of hydrogen-bond acceptors (Lipinski definition) is 6. The molecule has 8 heteroatoms. The summed E-state index contributed by atoms with van der Waals surface area (Å²) in [5, 5.41) is 8.88. The SMILES string of the molecule is CCn1c(SCC(=O)O[C@H](C)c2ccc(F)cc2)nnc1-c1ccco1. The van der Waals surface area contributed by atoms with Crippen LogP contribution in [0.1, 0.15) is 25.5 Å². The third kappa shape index (κ3) is 4.13. The van der Waals surface area contributed by atoms with Gasteiger partial charge in [0.1, 0.15) is 11.9 Å². The van der Waals surface area contributed by atoms with Gasteiger partial charge in [-0.1, -0.05) is 23.9 Å². The number of benzene rings is 1. The fourth-order valence-electron chi connectivity index (χ4n) is 2.43. The molecule has 136 valence electrons. The summed E-state index contributed by atoms with van der Waals surface area (Å²) >= 11 is 1.25. The highest BCUT2D eigenvalue weighted by Gasteiger charge is 2.18. The van der Waals surface area contributed by atoms with E-state index < -0.39 is 6.10 Å². The van der Waals surface area contributed by atoms with Crippen LogP contribution in [0.5, 0.6) is 0 Å². The quantitative estimate of drug-likeness (QED) is 0.457. The number of furan rings is 1. The first-order valence-electron chi connectivity index (χ1n) is 8.13. The molecule has 3 rings (SSSR count). The lowest BCUT2D eigenvalue weighted by atomic mass is 10.1. The van der Waals surface area contributed by atoms with E-state index in [0.717, 1.165) is 5.56 Å². The lowest BCUT2D eigenvalue weighted by molar-refractivity contribution is -0.145. The highest BCUT2D eigenvalue weighted by Crippen LogP contribution is 2.25. The number of carbonyl (C=O) groups excluding carboxylic acids is 1. The van der Waals surface area contributed by atoms with Crippen LogP contribution in [-0.4, -0.2) is 26.5 Å². The lowest BCUT2D eigenvalue weighted by Gasteiger charge is -2.13. The Kier molecular flexibility index (Phi) is 5.72. The third-order valence-corrected chi connectivity index (χ3v) is 4.68. The van der Waals surface area contributed by atoms with Gasteiger partial charge in [0.15, 0.2) is 16.7 Å². The van der Waals surface area contributed by atoms with Crippen LogP contribution in [0, 0.1) is 5.82 Å². The number of rotatable bonds is 7. The van der Waals surface area contributed by atoms with E-state index in [9.17, 15) is 9.18 Å². The van der Waals surface area contributed by atoms with Crippen molar-refractivity contribution in [3.05, 3.63) is 54.0 Å². The average molecular weight is 375 g/mol. The Labute approximate surface area is 154 Å². The lowest BCUT2D eigenvalue weighted by Crippen LogP contribution is -2.11. The van der Waals surface area contributed by atoms with E-state index in [1.807, 2.05) is 17.6 Å². The topological polar surface area (TPSA) is 70.2 Å². The first-order valence-corrected chi connectivity index (χ1v) is 9.12. The normalized spacial score (nSPS) is 12.1. The van der Waals surface area contributed by atoms with Gasteiger partial charge in [-0.25, -0.2) is 4.39 Å². The smallest absolute Gasteiger partial charge is 0.316 e. The minimum absolute atomic E-state index is 0.0990. The Morgan fingerprint density at radius 1 is 1.31 bits per heavy atom. The molecule has 6 nitrogen and oxygen atoms in total. The van der Waals surface area contributed by atoms with E-state index in [1.54, 1.807) is 31.4 Å². The summed E-state index contributed by atoms with van der Waals surface area (Å²) in [6.07, 6.45) is 1.12. The molecule has 0 saturated carbocycles.